The molecule has 1 unspecified atom stereocenters. The third-order valence-electron chi connectivity index (χ3n) is 4.15. The van der Waals surface area contributed by atoms with Crippen LogP contribution >= 0.6 is 12.4 Å². The Hall–Kier alpha value is -2.12. The summed E-state index contributed by atoms with van der Waals surface area (Å²) in [4.78, 5) is 16.6. The van der Waals surface area contributed by atoms with E-state index in [9.17, 15) is 4.79 Å². The summed E-state index contributed by atoms with van der Waals surface area (Å²) in [6.07, 6.45) is 5.82. The van der Waals surface area contributed by atoms with E-state index >= 15 is 0 Å². The quantitative estimate of drug-likeness (QED) is 0.816. The van der Waals surface area contributed by atoms with Gasteiger partial charge in [0.1, 0.15) is 11.3 Å². The molecule has 7 nitrogen and oxygen atoms in total. The molecule has 27 heavy (non-hydrogen) atoms. The van der Waals surface area contributed by atoms with Gasteiger partial charge in [0.15, 0.2) is 0 Å². The molecule has 0 aromatic carbocycles. The fraction of sp³-hybridized carbons (Fsp3) is 0.526. The summed E-state index contributed by atoms with van der Waals surface area (Å²) >= 11 is 0. The minimum Gasteiger partial charge on any atom is -0.472 e. The Kier molecular flexibility index (Phi) is 7.21. The number of ether oxygens (including phenoxy) is 1. The third kappa shape index (κ3) is 6.22. The van der Waals surface area contributed by atoms with Gasteiger partial charge in [0.05, 0.1) is 6.04 Å². The molecule has 3 rings (SSSR count). The molecule has 1 fully saturated rings. The molecule has 3 heterocycles. The highest BCUT2D eigenvalue weighted by Gasteiger charge is 2.17. The SMILES string of the molecule is CC(C)(C)Oc1ccc(CNC(=O)c2ccn(C3CCCNC3)n2)cn1.Cl. The summed E-state index contributed by atoms with van der Waals surface area (Å²) in [6.45, 7) is 8.29. The summed E-state index contributed by atoms with van der Waals surface area (Å²) in [6, 6.07) is 5.81. The predicted octanol–water partition coefficient (Wildman–Crippen LogP) is 2.73. The first kappa shape index (κ1) is 21.2. The second-order valence-corrected chi connectivity index (χ2v) is 7.58. The van der Waals surface area contributed by atoms with E-state index in [1.807, 2.05) is 43.8 Å². The lowest BCUT2D eigenvalue weighted by atomic mass is 10.1. The average molecular weight is 394 g/mol. The molecule has 2 N–H and O–H groups in total. The number of rotatable bonds is 5. The molecule has 1 aliphatic rings. The Labute approximate surface area is 166 Å². The summed E-state index contributed by atoms with van der Waals surface area (Å²) in [5.41, 5.74) is 1.07. The van der Waals surface area contributed by atoms with Gasteiger partial charge in [0, 0.05) is 31.5 Å². The van der Waals surface area contributed by atoms with E-state index in [1.165, 1.54) is 0 Å². The maximum Gasteiger partial charge on any atom is 0.272 e. The van der Waals surface area contributed by atoms with Gasteiger partial charge in [0.2, 0.25) is 5.88 Å². The number of nitrogens with zero attached hydrogens (tertiary/aromatic N) is 3. The molecule has 0 saturated carbocycles. The summed E-state index contributed by atoms with van der Waals surface area (Å²) in [7, 11) is 0. The monoisotopic (exact) mass is 393 g/mol. The van der Waals surface area contributed by atoms with Gasteiger partial charge in [-0.15, -0.1) is 12.4 Å². The number of hydrogen-bond acceptors (Lipinski definition) is 5. The first-order valence-electron chi connectivity index (χ1n) is 9.09. The molecule has 148 valence electrons. The number of aromatic nitrogens is 3. The Morgan fingerprint density at radius 1 is 1.37 bits per heavy atom. The van der Waals surface area contributed by atoms with Gasteiger partial charge in [-0.25, -0.2) is 4.98 Å². The number of hydrogen-bond donors (Lipinski definition) is 2. The van der Waals surface area contributed by atoms with Crippen molar-refractivity contribution in [1.29, 1.82) is 0 Å². The van der Waals surface area contributed by atoms with Crippen LogP contribution in [0, 0.1) is 0 Å². The number of carbonyl (C=O) groups excluding carboxylic acids is 1. The van der Waals surface area contributed by atoms with Crippen molar-refractivity contribution in [1.82, 2.24) is 25.4 Å². The fourth-order valence-electron chi connectivity index (χ4n) is 2.88. The average Bonchev–Trinajstić information content (AvgIpc) is 3.10. The minimum atomic E-state index is -0.282. The highest BCUT2D eigenvalue weighted by Crippen LogP contribution is 2.16. The lowest BCUT2D eigenvalue weighted by Gasteiger charge is -2.22. The van der Waals surface area contributed by atoms with Crippen LogP contribution in [-0.2, 0) is 6.54 Å². The molecular weight excluding hydrogens is 366 g/mol. The number of amides is 1. The van der Waals surface area contributed by atoms with Crippen LogP contribution in [0.2, 0.25) is 0 Å². The Morgan fingerprint density at radius 2 is 2.19 bits per heavy atom. The van der Waals surface area contributed by atoms with Crippen LogP contribution in [0.3, 0.4) is 0 Å². The van der Waals surface area contributed by atoms with Crippen LogP contribution in [-0.4, -0.2) is 39.4 Å². The zero-order valence-corrected chi connectivity index (χ0v) is 16.9. The van der Waals surface area contributed by atoms with Gasteiger partial charge in [-0.1, -0.05) is 6.07 Å². The molecule has 8 heteroatoms. The van der Waals surface area contributed by atoms with Crippen molar-refractivity contribution in [3.05, 3.63) is 41.9 Å². The summed E-state index contributed by atoms with van der Waals surface area (Å²) in [5, 5.41) is 10.7. The van der Waals surface area contributed by atoms with Crippen LogP contribution in [0.15, 0.2) is 30.6 Å². The molecule has 1 aliphatic heterocycles. The third-order valence-corrected chi connectivity index (χ3v) is 4.15. The zero-order chi connectivity index (χ0) is 18.6. The first-order valence-corrected chi connectivity index (χ1v) is 9.09. The molecule has 2 aromatic rings. The van der Waals surface area contributed by atoms with Crippen molar-refractivity contribution in [2.75, 3.05) is 13.1 Å². The topological polar surface area (TPSA) is 81.1 Å². The zero-order valence-electron chi connectivity index (χ0n) is 16.1. The van der Waals surface area contributed by atoms with Crippen LogP contribution in [0.25, 0.3) is 0 Å². The minimum absolute atomic E-state index is 0. The van der Waals surface area contributed by atoms with E-state index in [0.29, 0.717) is 24.2 Å². The molecule has 0 spiro atoms. The van der Waals surface area contributed by atoms with Crippen LogP contribution < -0.4 is 15.4 Å². The van der Waals surface area contributed by atoms with E-state index in [0.717, 1.165) is 31.5 Å². The van der Waals surface area contributed by atoms with E-state index in [4.69, 9.17) is 4.74 Å². The lowest BCUT2D eigenvalue weighted by molar-refractivity contribution is 0.0944. The summed E-state index contributed by atoms with van der Waals surface area (Å²) in [5.74, 6) is 0.398. The van der Waals surface area contributed by atoms with Crippen molar-refractivity contribution in [3.63, 3.8) is 0 Å². The Bertz CT molecular complexity index is 733. The van der Waals surface area contributed by atoms with Gasteiger partial charge in [-0.2, -0.15) is 5.10 Å². The Morgan fingerprint density at radius 3 is 2.81 bits per heavy atom. The van der Waals surface area contributed by atoms with Crippen LogP contribution in [0.1, 0.15) is 55.7 Å². The molecule has 0 bridgehead atoms. The molecule has 0 radical (unpaired) electrons. The molecule has 1 atom stereocenters. The van der Waals surface area contributed by atoms with Crippen molar-refractivity contribution in [2.45, 2.75) is 51.8 Å². The number of pyridine rings is 1. The number of halogens is 1. The van der Waals surface area contributed by atoms with E-state index < -0.39 is 0 Å². The fourth-order valence-corrected chi connectivity index (χ4v) is 2.88. The standard InChI is InChI=1S/C19H27N5O2.ClH/c1-19(2,3)26-17-7-6-14(11-21-17)12-22-18(25)16-8-10-24(23-16)15-5-4-9-20-13-15;/h6-8,10-11,15,20H,4-5,9,12-13H2,1-3H3,(H,22,25);1H. The largest absolute Gasteiger partial charge is 0.472 e. The molecule has 1 amide bonds. The first-order chi connectivity index (χ1) is 12.4. The second kappa shape index (κ2) is 9.19. The highest BCUT2D eigenvalue weighted by molar-refractivity contribution is 5.92. The predicted molar refractivity (Wildman–Crippen MR) is 106 cm³/mol. The van der Waals surface area contributed by atoms with Crippen LogP contribution in [0.5, 0.6) is 5.88 Å². The molecular formula is C19H28ClN5O2. The van der Waals surface area contributed by atoms with Crippen molar-refractivity contribution < 1.29 is 9.53 Å². The maximum absolute atomic E-state index is 12.3. The van der Waals surface area contributed by atoms with Gasteiger partial charge >= 0.3 is 0 Å². The number of nitrogens with one attached hydrogen (secondary N) is 2. The smallest absolute Gasteiger partial charge is 0.272 e. The van der Waals surface area contributed by atoms with E-state index in [1.54, 1.807) is 12.3 Å². The molecule has 0 aliphatic carbocycles. The van der Waals surface area contributed by atoms with Gasteiger partial charge < -0.3 is 15.4 Å². The van der Waals surface area contributed by atoms with Crippen molar-refractivity contribution >= 4 is 18.3 Å². The van der Waals surface area contributed by atoms with Crippen molar-refractivity contribution in [2.24, 2.45) is 0 Å². The van der Waals surface area contributed by atoms with Gasteiger partial charge in [-0.05, 0) is 51.8 Å². The molecule has 2 aromatic heterocycles. The number of piperidine rings is 1. The molecule has 1 saturated heterocycles. The Balaban J connectivity index is 0.00000261. The van der Waals surface area contributed by atoms with E-state index in [-0.39, 0.29) is 23.9 Å². The van der Waals surface area contributed by atoms with Gasteiger partial charge in [0.25, 0.3) is 5.91 Å². The van der Waals surface area contributed by atoms with Crippen molar-refractivity contribution in [3.8, 4) is 5.88 Å². The van der Waals surface area contributed by atoms with Gasteiger partial charge in [-0.3, -0.25) is 9.48 Å². The van der Waals surface area contributed by atoms with Crippen LogP contribution in [0.4, 0.5) is 0 Å². The number of carbonyl (C=O) groups is 1. The van der Waals surface area contributed by atoms with E-state index in [2.05, 4.69) is 20.7 Å². The second-order valence-electron chi connectivity index (χ2n) is 7.58. The summed E-state index contributed by atoms with van der Waals surface area (Å²) < 4.78 is 7.59. The lowest BCUT2D eigenvalue weighted by Crippen LogP contribution is -2.32. The normalized spacial score (nSPS) is 17.1. The highest BCUT2D eigenvalue weighted by atomic mass is 35.5. The maximum atomic E-state index is 12.3.